The van der Waals surface area contributed by atoms with E-state index in [1.165, 1.54) is 28.8 Å². The molecule has 2 heterocycles. The van der Waals surface area contributed by atoms with Crippen molar-refractivity contribution in [1.29, 1.82) is 5.26 Å². The predicted molar refractivity (Wildman–Crippen MR) is 150 cm³/mol. The first-order valence-corrected chi connectivity index (χ1v) is 14.0. The molecule has 0 aliphatic carbocycles. The molecule has 0 radical (unpaired) electrons. The summed E-state index contributed by atoms with van der Waals surface area (Å²) in [7, 11) is 3.80. The number of hydrogen-bond acceptors (Lipinski definition) is 8. The maximum Gasteiger partial charge on any atom is 0.417 e. The molecule has 218 valence electrons. The van der Waals surface area contributed by atoms with E-state index in [-0.39, 0.29) is 28.8 Å². The molecule has 0 spiro atoms. The molecule has 8 nitrogen and oxygen atoms in total. The van der Waals surface area contributed by atoms with E-state index in [0.29, 0.717) is 36.5 Å². The zero-order chi connectivity index (χ0) is 30.1. The molecule has 0 N–H and O–H groups in total. The van der Waals surface area contributed by atoms with Crippen LogP contribution in [0.15, 0.2) is 30.3 Å². The number of benzene rings is 2. The number of aromatic nitrogens is 2. The smallest absolute Gasteiger partial charge is 0.417 e. The molecule has 2 aromatic carbocycles. The zero-order valence-corrected chi connectivity index (χ0v) is 24.2. The van der Waals surface area contributed by atoms with Gasteiger partial charge in [-0.2, -0.15) is 23.4 Å². The quantitative estimate of drug-likeness (QED) is 0.337. The molecule has 3 aromatic rings. The van der Waals surface area contributed by atoms with Gasteiger partial charge < -0.3 is 19.4 Å². The number of nitrogens with zero attached hydrogens (tertiary/aromatic N) is 6. The Bertz CT molecular complexity index is 1510. The van der Waals surface area contributed by atoms with Crippen molar-refractivity contribution in [2.75, 3.05) is 48.8 Å². The van der Waals surface area contributed by atoms with Crippen LogP contribution in [0.25, 0.3) is 10.9 Å². The Kier molecular flexibility index (Phi) is 8.65. The molecule has 0 unspecified atom stereocenters. The van der Waals surface area contributed by atoms with E-state index in [1.807, 2.05) is 25.9 Å². The van der Waals surface area contributed by atoms with Crippen LogP contribution in [0.1, 0.15) is 37.7 Å². The number of anilines is 2. The normalized spacial score (nSPS) is 15.8. The van der Waals surface area contributed by atoms with E-state index in [2.05, 4.69) is 9.97 Å². The highest BCUT2D eigenvalue weighted by Crippen LogP contribution is 2.39. The number of fused-ring (bicyclic) bond motifs is 1. The fourth-order valence-electron chi connectivity index (χ4n) is 4.45. The second-order valence-electron chi connectivity index (χ2n) is 10.3. The Morgan fingerprint density at radius 1 is 1.15 bits per heavy atom. The first-order chi connectivity index (χ1) is 19.3. The number of carbonyl (C=O) groups is 1. The van der Waals surface area contributed by atoms with Crippen LogP contribution in [0.4, 0.5) is 28.9 Å². The van der Waals surface area contributed by atoms with Crippen molar-refractivity contribution in [2.45, 2.75) is 38.9 Å². The summed E-state index contributed by atoms with van der Waals surface area (Å²) in [6.07, 6.45) is -4.29. The number of thioether (sulfide) groups is 1. The second-order valence-corrected chi connectivity index (χ2v) is 11.2. The highest BCUT2D eigenvalue weighted by atomic mass is 32.2. The molecule has 0 atom stereocenters. The lowest BCUT2D eigenvalue weighted by Gasteiger charge is -2.38. The average Bonchev–Trinajstić information content (AvgIpc) is 3.03. The van der Waals surface area contributed by atoms with Crippen molar-refractivity contribution in [3.63, 3.8) is 0 Å². The van der Waals surface area contributed by atoms with Gasteiger partial charge in [0.25, 0.3) is 5.91 Å². The number of halogens is 4. The van der Waals surface area contributed by atoms with Gasteiger partial charge in [-0.25, -0.2) is 9.37 Å². The Labute approximate surface area is 239 Å². The number of amides is 1. The second kappa shape index (κ2) is 11.7. The summed E-state index contributed by atoms with van der Waals surface area (Å²) in [5, 5.41) is 9.50. The van der Waals surface area contributed by atoms with Crippen molar-refractivity contribution in [3.8, 4) is 11.9 Å². The molecule has 4 rings (SSSR count). The lowest BCUT2D eigenvalue weighted by Crippen LogP contribution is -2.54. The van der Waals surface area contributed by atoms with E-state index in [1.54, 1.807) is 30.9 Å². The molecule has 1 aliphatic heterocycles. The van der Waals surface area contributed by atoms with Gasteiger partial charge in [0.2, 0.25) is 5.88 Å². The molecule has 1 fully saturated rings. The van der Waals surface area contributed by atoms with E-state index in [4.69, 9.17) is 10.00 Å². The van der Waals surface area contributed by atoms with Gasteiger partial charge in [-0.1, -0.05) is 6.92 Å². The highest BCUT2D eigenvalue weighted by molar-refractivity contribution is 7.99. The van der Waals surface area contributed by atoms with Gasteiger partial charge in [-0.05, 0) is 58.3 Å². The monoisotopic (exact) mass is 590 g/mol. The van der Waals surface area contributed by atoms with E-state index >= 15 is 4.39 Å². The first kappa shape index (κ1) is 30.3. The van der Waals surface area contributed by atoms with Crippen LogP contribution < -0.4 is 14.5 Å². The number of hydrogen-bond donors (Lipinski definition) is 0. The maximum atomic E-state index is 15.6. The van der Waals surface area contributed by atoms with Gasteiger partial charge in [0.05, 0.1) is 34.3 Å². The highest BCUT2D eigenvalue weighted by Gasteiger charge is 2.42. The van der Waals surface area contributed by atoms with Crippen molar-refractivity contribution in [1.82, 2.24) is 14.9 Å². The largest absolute Gasteiger partial charge is 0.476 e. The Hall–Kier alpha value is -3.63. The fraction of sp³-hybridized carbons (Fsp3) is 0.429. The maximum absolute atomic E-state index is 15.6. The van der Waals surface area contributed by atoms with Crippen LogP contribution in [-0.4, -0.2) is 65.3 Å². The standard InChI is InChI=1S/C28H30F4N6O2S/c1-6-23-34-24-20(25(35-23)40-10-9-36(4)5)11-19(13-22(24)29)38-16-41-15-37(26(39)27(38,2)3)18-8-7-17(14-33)21(12-18)28(30,31)32/h7-8,11-13H,6,9-10,15-16H2,1-5H3. The summed E-state index contributed by atoms with van der Waals surface area (Å²) in [4.78, 5) is 27.6. The van der Waals surface area contributed by atoms with Crippen LogP contribution in [0.3, 0.4) is 0 Å². The number of likely N-dealkylation sites (N-methyl/N-ethyl adjacent to an activating group) is 1. The third-order valence-electron chi connectivity index (χ3n) is 6.78. The Morgan fingerprint density at radius 3 is 2.51 bits per heavy atom. The lowest BCUT2D eigenvalue weighted by atomic mass is 9.99. The molecular formula is C28H30F4N6O2S. The van der Waals surface area contributed by atoms with Gasteiger partial charge in [-0.3, -0.25) is 4.79 Å². The molecule has 0 saturated carbocycles. The number of nitriles is 1. The molecule has 41 heavy (non-hydrogen) atoms. The number of aryl methyl sites for hydroxylation is 1. The summed E-state index contributed by atoms with van der Waals surface area (Å²) >= 11 is 1.28. The molecule has 1 amide bonds. The summed E-state index contributed by atoms with van der Waals surface area (Å²) in [5.41, 5.74) is -2.42. The number of ether oxygens (including phenoxy) is 1. The van der Waals surface area contributed by atoms with Gasteiger partial charge in [0, 0.05) is 24.3 Å². The van der Waals surface area contributed by atoms with E-state index in [0.717, 1.165) is 12.1 Å². The van der Waals surface area contributed by atoms with Crippen LogP contribution >= 0.6 is 11.8 Å². The molecule has 1 saturated heterocycles. The number of carbonyl (C=O) groups excluding carboxylic acids is 1. The third kappa shape index (κ3) is 6.18. The topological polar surface area (TPSA) is 85.6 Å². The molecule has 13 heteroatoms. The van der Waals surface area contributed by atoms with Crippen molar-refractivity contribution < 1.29 is 27.1 Å². The van der Waals surface area contributed by atoms with Crippen LogP contribution in [0.2, 0.25) is 0 Å². The average molecular weight is 591 g/mol. The molecule has 1 aliphatic rings. The van der Waals surface area contributed by atoms with E-state index < -0.39 is 34.6 Å². The zero-order valence-electron chi connectivity index (χ0n) is 23.3. The van der Waals surface area contributed by atoms with Crippen molar-refractivity contribution in [2.24, 2.45) is 0 Å². The number of alkyl halides is 3. The van der Waals surface area contributed by atoms with Gasteiger partial charge in [-0.15, -0.1) is 11.8 Å². The van der Waals surface area contributed by atoms with Gasteiger partial charge >= 0.3 is 6.18 Å². The summed E-state index contributed by atoms with van der Waals surface area (Å²) < 4.78 is 62.4. The minimum absolute atomic E-state index is 0.0190. The summed E-state index contributed by atoms with van der Waals surface area (Å²) in [6.45, 7) is 6.06. The molecule has 1 aromatic heterocycles. The molecule has 0 bridgehead atoms. The first-order valence-electron chi connectivity index (χ1n) is 12.8. The lowest BCUT2D eigenvalue weighted by molar-refractivity contribution is -0.137. The molecular weight excluding hydrogens is 560 g/mol. The van der Waals surface area contributed by atoms with Crippen molar-refractivity contribution >= 4 is 39.9 Å². The Morgan fingerprint density at radius 2 is 1.88 bits per heavy atom. The Balaban J connectivity index is 1.75. The van der Waals surface area contributed by atoms with Crippen LogP contribution in [0.5, 0.6) is 5.88 Å². The van der Waals surface area contributed by atoms with Gasteiger partial charge in [0.15, 0.2) is 5.82 Å². The third-order valence-corrected chi connectivity index (χ3v) is 7.66. The van der Waals surface area contributed by atoms with Crippen LogP contribution in [0, 0.1) is 17.1 Å². The van der Waals surface area contributed by atoms with E-state index in [9.17, 15) is 18.0 Å². The summed E-state index contributed by atoms with van der Waals surface area (Å²) in [5.74, 6) is -0.127. The number of rotatable bonds is 7. The summed E-state index contributed by atoms with van der Waals surface area (Å²) in [6, 6.07) is 7.74. The van der Waals surface area contributed by atoms with Crippen LogP contribution in [-0.2, 0) is 17.4 Å². The predicted octanol–water partition coefficient (Wildman–Crippen LogP) is 5.44. The van der Waals surface area contributed by atoms with Gasteiger partial charge in [0.1, 0.15) is 23.5 Å². The SMILES string of the molecule is CCc1nc(OCCN(C)C)c2cc(N3CSCN(c4ccc(C#N)c(C(F)(F)F)c4)C(=O)C3(C)C)cc(F)c2n1. The minimum atomic E-state index is -4.76. The fourth-order valence-corrected chi connectivity index (χ4v) is 5.64. The van der Waals surface area contributed by atoms with Crippen molar-refractivity contribution in [3.05, 3.63) is 53.1 Å². The minimum Gasteiger partial charge on any atom is -0.476 e.